The van der Waals surface area contributed by atoms with E-state index in [0.717, 1.165) is 17.9 Å². The Bertz CT molecular complexity index is 523. The first-order valence-corrected chi connectivity index (χ1v) is 6.07. The molecule has 2 aromatic rings. The van der Waals surface area contributed by atoms with Gasteiger partial charge in [-0.25, -0.2) is 0 Å². The highest BCUT2D eigenvalue weighted by atomic mass is 32.2. The minimum atomic E-state index is -4.36. The summed E-state index contributed by atoms with van der Waals surface area (Å²) < 4.78 is 42.4. The number of hydrogen-bond donors (Lipinski definition) is 1. The Kier molecular flexibility index (Phi) is 3.56. The fourth-order valence-corrected chi connectivity index (χ4v) is 2.25. The summed E-state index contributed by atoms with van der Waals surface area (Å²) in [5.41, 5.74) is 5.00. The third kappa shape index (κ3) is 3.01. The third-order valence-electron chi connectivity index (χ3n) is 2.29. The van der Waals surface area contributed by atoms with Crippen LogP contribution in [0.3, 0.4) is 0 Å². The van der Waals surface area contributed by atoms with E-state index in [1.54, 1.807) is 18.4 Å². The molecule has 1 aromatic carbocycles. The van der Waals surface area contributed by atoms with Gasteiger partial charge in [0.1, 0.15) is 5.76 Å². The van der Waals surface area contributed by atoms with Crippen molar-refractivity contribution in [1.29, 1.82) is 0 Å². The number of nitrogen functional groups attached to an aromatic ring is 1. The van der Waals surface area contributed by atoms with Gasteiger partial charge in [-0.3, -0.25) is 0 Å². The van der Waals surface area contributed by atoms with E-state index in [0.29, 0.717) is 10.6 Å². The molecule has 0 bridgehead atoms. The van der Waals surface area contributed by atoms with Gasteiger partial charge in [-0.05, 0) is 30.3 Å². The summed E-state index contributed by atoms with van der Waals surface area (Å²) in [7, 11) is 0. The van der Waals surface area contributed by atoms with Gasteiger partial charge in [0.15, 0.2) is 0 Å². The fraction of sp³-hybridized carbons (Fsp3) is 0.167. The van der Waals surface area contributed by atoms with Gasteiger partial charge < -0.3 is 10.2 Å². The number of benzene rings is 1. The average Bonchev–Trinajstić information content (AvgIpc) is 2.79. The summed E-state index contributed by atoms with van der Waals surface area (Å²) >= 11 is 1.34. The second-order valence-electron chi connectivity index (χ2n) is 3.62. The third-order valence-corrected chi connectivity index (χ3v) is 3.40. The Hall–Kier alpha value is -1.56. The van der Waals surface area contributed by atoms with Crippen molar-refractivity contribution in [3.05, 3.63) is 47.9 Å². The lowest BCUT2D eigenvalue weighted by Gasteiger charge is -2.10. The van der Waals surface area contributed by atoms with E-state index in [4.69, 9.17) is 10.2 Å². The molecule has 0 radical (unpaired) electrons. The highest BCUT2D eigenvalue weighted by Gasteiger charge is 2.30. The molecule has 0 amide bonds. The van der Waals surface area contributed by atoms with Crippen molar-refractivity contribution in [3.63, 3.8) is 0 Å². The summed E-state index contributed by atoms with van der Waals surface area (Å²) in [5.74, 6) is 1.28. The molecule has 0 saturated carbocycles. The van der Waals surface area contributed by atoms with E-state index in [1.807, 2.05) is 0 Å². The normalized spacial score (nSPS) is 11.7. The molecule has 0 atom stereocenters. The summed E-state index contributed by atoms with van der Waals surface area (Å²) in [6.45, 7) is 0. The number of anilines is 1. The number of nitrogens with two attached hydrogens (primary N) is 1. The monoisotopic (exact) mass is 273 g/mol. The molecule has 6 heteroatoms. The minimum Gasteiger partial charge on any atom is -0.468 e. The zero-order chi connectivity index (χ0) is 13.2. The highest BCUT2D eigenvalue weighted by Crippen LogP contribution is 2.35. The number of thioether (sulfide) groups is 1. The zero-order valence-corrected chi connectivity index (χ0v) is 10.0. The molecule has 96 valence electrons. The van der Waals surface area contributed by atoms with Gasteiger partial charge in [0.2, 0.25) is 0 Å². The first-order chi connectivity index (χ1) is 8.47. The van der Waals surface area contributed by atoms with Crippen molar-refractivity contribution in [2.45, 2.75) is 16.8 Å². The summed E-state index contributed by atoms with van der Waals surface area (Å²) in [4.78, 5) is 0.611. The number of hydrogen-bond acceptors (Lipinski definition) is 3. The predicted molar refractivity (Wildman–Crippen MR) is 64.1 cm³/mol. The minimum absolute atomic E-state index is 0.126. The maximum absolute atomic E-state index is 12.4. The standard InChI is InChI=1S/C12H10F3NOS/c13-12(14,15)8-3-4-11(10(16)6-8)18-7-9-2-1-5-17-9/h1-6H,7,16H2. The molecular weight excluding hydrogens is 263 g/mol. The van der Waals surface area contributed by atoms with Crippen molar-refractivity contribution >= 4 is 17.4 Å². The highest BCUT2D eigenvalue weighted by molar-refractivity contribution is 7.98. The van der Waals surface area contributed by atoms with Crippen LogP contribution in [0.2, 0.25) is 0 Å². The Morgan fingerprint density at radius 3 is 2.56 bits per heavy atom. The molecule has 1 aromatic heterocycles. The smallest absolute Gasteiger partial charge is 0.416 e. The van der Waals surface area contributed by atoms with Crippen LogP contribution in [0.25, 0.3) is 0 Å². The average molecular weight is 273 g/mol. The van der Waals surface area contributed by atoms with E-state index in [2.05, 4.69) is 0 Å². The molecule has 0 aliphatic carbocycles. The van der Waals surface area contributed by atoms with Crippen LogP contribution < -0.4 is 5.73 Å². The second kappa shape index (κ2) is 4.97. The summed E-state index contributed by atoms with van der Waals surface area (Å²) in [6, 6.07) is 6.91. The lowest BCUT2D eigenvalue weighted by molar-refractivity contribution is -0.137. The largest absolute Gasteiger partial charge is 0.468 e. The van der Waals surface area contributed by atoms with Gasteiger partial charge in [0.25, 0.3) is 0 Å². The van der Waals surface area contributed by atoms with Crippen LogP contribution in [0.15, 0.2) is 45.9 Å². The number of rotatable bonds is 3. The Morgan fingerprint density at radius 2 is 2.00 bits per heavy atom. The van der Waals surface area contributed by atoms with Crippen LogP contribution >= 0.6 is 11.8 Å². The number of alkyl halides is 3. The van der Waals surface area contributed by atoms with Gasteiger partial charge in [0, 0.05) is 10.6 Å². The topological polar surface area (TPSA) is 39.2 Å². The molecule has 2 rings (SSSR count). The first kappa shape index (κ1) is 12.9. The zero-order valence-electron chi connectivity index (χ0n) is 9.20. The molecular formula is C12H10F3NOS. The lowest BCUT2D eigenvalue weighted by atomic mass is 10.2. The molecule has 0 spiro atoms. The van der Waals surface area contributed by atoms with Crippen LogP contribution in [0.1, 0.15) is 11.3 Å². The molecule has 1 heterocycles. The fourth-order valence-electron chi connectivity index (χ4n) is 1.40. The maximum atomic E-state index is 12.4. The predicted octanol–water partition coefficient (Wildman–Crippen LogP) is 4.17. The van der Waals surface area contributed by atoms with Crippen LogP contribution in [0, 0.1) is 0 Å². The Labute approximate surface area is 106 Å². The van der Waals surface area contributed by atoms with Crippen molar-refractivity contribution in [1.82, 2.24) is 0 Å². The second-order valence-corrected chi connectivity index (χ2v) is 4.64. The van der Waals surface area contributed by atoms with E-state index < -0.39 is 11.7 Å². The number of furan rings is 1. The molecule has 2 N–H and O–H groups in total. The van der Waals surface area contributed by atoms with E-state index in [9.17, 15) is 13.2 Å². The van der Waals surface area contributed by atoms with Crippen molar-refractivity contribution in [2.75, 3.05) is 5.73 Å². The van der Waals surface area contributed by atoms with Gasteiger partial charge in [-0.1, -0.05) is 0 Å². The molecule has 0 aliphatic heterocycles. The van der Waals surface area contributed by atoms with Crippen LogP contribution in [-0.2, 0) is 11.9 Å². The van der Waals surface area contributed by atoms with Crippen LogP contribution in [0.5, 0.6) is 0 Å². The maximum Gasteiger partial charge on any atom is 0.416 e. The Balaban J connectivity index is 2.10. The van der Waals surface area contributed by atoms with Crippen LogP contribution in [-0.4, -0.2) is 0 Å². The molecule has 0 aliphatic rings. The van der Waals surface area contributed by atoms with Crippen molar-refractivity contribution in [2.24, 2.45) is 0 Å². The van der Waals surface area contributed by atoms with Gasteiger partial charge in [-0.2, -0.15) is 13.2 Å². The molecule has 18 heavy (non-hydrogen) atoms. The van der Waals surface area contributed by atoms with Crippen molar-refractivity contribution < 1.29 is 17.6 Å². The number of halogens is 3. The van der Waals surface area contributed by atoms with Crippen molar-refractivity contribution in [3.8, 4) is 0 Å². The molecule has 0 unspecified atom stereocenters. The van der Waals surface area contributed by atoms with Gasteiger partial charge >= 0.3 is 6.18 Å². The quantitative estimate of drug-likeness (QED) is 0.673. The summed E-state index contributed by atoms with van der Waals surface area (Å²) in [6.07, 6.45) is -2.82. The molecule has 0 saturated heterocycles. The summed E-state index contributed by atoms with van der Waals surface area (Å²) in [5, 5.41) is 0. The lowest BCUT2D eigenvalue weighted by Crippen LogP contribution is -2.05. The van der Waals surface area contributed by atoms with Gasteiger partial charge in [0.05, 0.1) is 17.6 Å². The Morgan fingerprint density at radius 1 is 1.22 bits per heavy atom. The van der Waals surface area contributed by atoms with E-state index >= 15 is 0 Å². The van der Waals surface area contributed by atoms with Gasteiger partial charge in [-0.15, -0.1) is 11.8 Å². The van der Waals surface area contributed by atoms with E-state index in [-0.39, 0.29) is 5.69 Å². The molecule has 2 nitrogen and oxygen atoms in total. The molecule has 0 fully saturated rings. The van der Waals surface area contributed by atoms with Crippen LogP contribution in [0.4, 0.5) is 18.9 Å². The van der Waals surface area contributed by atoms with E-state index in [1.165, 1.54) is 17.8 Å². The first-order valence-electron chi connectivity index (χ1n) is 5.09. The SMILES string of the molecule is Nc1cc(C(F)(F)F)ccc1SCc1ccco1.